The van der Waals surface area contributed by atoms with Crippen LogP contribution in [0.3, 0.4) is 0 Å². The monoisotopic (exact) mass is 358 g/mol. The number of fused-ring (bicyclic) bond motifs is 3. The van der Waals surface area contributed by atoms with Gasteiger partial charge >= 0.3 is 5.97 Å². The van der Waals surface area contributed by atoms with E-state index in [9.17, 15) is 14.4 Å². The summed E-state index contributed by atoms with van der Waals surface area (Å²) in [5, 5.41) is 0. The summed E-state index contributed by atoms with van der Waals surface area (Å²) in [5.74, 6) is -0.565. The maximum absolute atomic E-state index is 13.2. The predicted octanol–water partition coefficient (Wildman–Crippen LogP) is 2.82. The number of para-hydroxylation sites is 1. The first-order valence-corrected chi connectivity index (χ1v) is 9.20. The Kier molecular flexibility index (Phi) is 4.78. The molecular weight excluding hydrogens is 332 g/mol. The molecule has 2 heterocycles. The Bertz CT molecular complexity index is 743. The highest BCUT2D eigenvalue weighted by atomic mass is 16.5. The van der Waals surface area contributed by atoms with Crippen LogP contribution < -0.4 is 4.90 Å². The van der Waals surface area contributed by atoms with Crippen LogP contribution in [0.5, 0.6) is 0 Å². The molecule has 0 N–H and O–H groups in total. The molecule has 1 saturated heterocycles. The molecule has 0 aromatic heterocycles. The Morgan fingerprint density at radius 3 is 2.50 bits per heavy atom. The van der Waals surface area contributed by atoms with Gasteiger partial charge in [0.05, 0.1) is 17.9 Å². The highest BCUT2D eigenvalue weighted by Gasteiger charge is 2.61. The van der Waals surface area contributed by atoms with Crippen LogP contribution in [0.2, 0.25) is 0 Å². The van der Waals surface area contributed by atoms with Crippen molar-refractivity contribution in [2.24, 2.45) is 11.8 Å². The summed E-state index contributed by atoms with van der Waals surface area (Å²) in [4.78, 5) is 42.2. The molecule has 0 radical (unpaired) electrons. The minimum atomic E-state index is -1.37. The maximum atomic E-state index is 13.2. The lowest BCUT2D eigenvalue weighted by Crippen LogP contribution is -2.69. The van der Waals surface area contributed by atoms with Gasteiger partial charge in [-0.2, -0.15) is 0 Å². The number of amides is 2. The zero-order valence-electron chi connectivity index (χ0n) is 15.8. The molecule has 2 aliphatic rings. The first kappa shape index (κ1) is 18.4. The number of carbonyl (C=O) groups excluding carboxylic acids is 3. The molecule has 26 heavy (non-hydrogen) atoms. The van der Waals surface area contributed by atoms with Gasteiger partial charge in [0.1, 0.15) is 0 Å². The van der Waals surface area contributed by atoms with Crippen LogP contribution in [0.15, 0.2) is 24.3 Å². The number of benzene rings is 1. The fourth-order valence-electron chi connectivity index (χ4n) is 3.72. The summed E-state index contributed by atoms with van der Waals surface area (Å²) >= 11 is 0. The fraction of sp³-hybridized carbons (Fsp3) is 0.550. The van der Waals surface area contributed by atoms with E-state index in [0.29, 0.717) is 17.8 Å². The Morgan fingerprint density at radius 1 is 1.15 bits per heavy atom. The van der Waals surface area contributed by atoms with E-state index in [1.165, 1.54) is 4.90 Å². The molecule has 1 atom stereocenters. The molecule has 1 fully saturated rings. The molecule has 1 unspecified atom stereocenters. The molecule has 1 aromatic rings. The smallest absolute Gasteiger partial charge is 0.353 e. The first-order chi connectivity index (χ1) is 12.3. The number of carbonyl (C=O) groups is 3. The van der Waals surface area contributed by atoms with E-state index in [0.717, 1.165) is 0 Å². The first-order valence-electron chi connectivity index (χ1n) is 9.20. The number of hydrogen-bond donors (Lipinski definition) is 0. The number of esters is 1. The molecular formula is C20H26N2O4. The molecule has 6 heteroatoms. The Balaban J connectivity index is 2.14. The molecule has 2 amide bonds. The van der Waals surface area contributed by atoms with Crippen molar-refractivity contribution in [3.8, 4) is 0 Å². The third kappa shape index (κ3) is 2.77. The molecule has 0 saturated carbocycles. The van der Waals surface area contributed by atoms with Crippen LogP contribution in [-0.4, -0.2) is 41.5 Å². The van der Waals surface area contributed by atoms with E-state index in [1.807, 2.05) is 27.7 Å². The van der Waals surface area contributed by atoms with Crippen molar-refractivity contribution >= 4 is 23.5 Å². The molecule has 1 aromatic carbocycles. The third-order valence-corrected chi connectivity index (χ3v) is 4.80. The molecule has 0 bridgehead atoms. The lowest BCUT2D eigenvalue weighted by molar-refractivity contribution is -0.158. The average Bonchev–Trinajstić information content (AvgIpc) is 2.95. The van der Waals surface area contributed by atoms with E-state index in [1.54, 1.807) is 29.2 Å². The zero-order chi connectivity index (χ0) is 19.1. The van der Waals surface area contributed by atoms with E-state index < -0.39 is 11.6 Å². The lowest BCUT2D eigenvalue weighted by Gasteiger charge is -2.49. The molecule has 0 aliphatic carbocycles. The molecule has 140 valence electrons. The van der Waals surface area contributed by atoms with Crippen molar-refractivity contribution in [1.82, 2.24) is 4.90 Å². The van der Waals surface area contributed by atoms with Gasteiger partial charge in [-0.05, 0) is 24.0 Å². The second-order valence-corrected chi connectivity index (χ2v) is 7.86. The van der Waals surface area contributed by atoms with Gasteiger partial charge in [-0.3, -0.25) is 14.5 Å². The highest BCUT2D eigenvalue weighted by Crippen LogP contribution is 2.45. The Morgan fingerprint density at radius 2 is 1.85 bits per heavy atom. The van der Waals surface area contributed by atoms with Gasteiger partial charge in [0.25, 0.3) is 5.91 Å². The van der Waals surface area contributed by atoms with Crippen LogP contribution in [0.4, 0.5) is 5.69 Å². The van der Waals surface area contributed by atoms with E-state index >= 15 is 0 Å². The standard InChI is InChI=1S/C20H26N2O4/c1-13(2)11-21-18(24)15-7-5-6-8-16(15)22-17(23)9-10-20(21,22)19(25)26-12-14(3)4/h5-8,13-14H,9-12H2,1-4H3. The minimum Gasteiger partial charge on any atom is -0.462 e. The van der Waals surface area contributed by atoms with Gasteiger partial charge in [0, 0.05) is 19.4 Å². The van der Waals surface area contributed by atoms with E-state index in [-0.39, 0.29) is 43.1 Å². The zero-order valence-corrected chi connectivity index (χ0v) is 15.8. The number of ether oxygens (including phenoxy) is 1. The minimum absolute atomic E-state index is 0.150. The lowest BCUT2D eigenvalue weighted by atomic mass is 9.95. The van der Waals surface area contributed by atoms with E-state index in [2.05, 4.69) is 0 Å². The van der Waals surface area contributed by atoms with Gasteiger partial charge in [0.2, 0.25) is 11.6 Å². The summed E-state index contributed by atoms with van der Waals surface area (Å²) in [7, 11) is 0. The maximum Gasteiger partial charge on any atom is 0.353 e. The van der Waals surface area contributed by atoms with Crippen LogP contribution in [0.1, 0.15) is 50.9 Å². The SMILES string of the molecule is CC(C)COC(=O)C12CCC(=O)N1c1ccccc1C(=O)N2CC(C)C. The molecule has 2 aliphatic heterocycles. The molecule has 3 rings (SSSR count). The second-order valence-electron chi connectivity index (χ2n) is 7.86. The summed E-state index contributed by atoms with van der Waals surface area (Å²) in [5.41, 5.74) is -0.418. The van der Waals surface area contributed by atoms with Crippen molar-refractivity contribution in [2.75, 3.05) is 18.1 Å². The topological polar surface area (TPSA) is 66.9 Å². The Hall–Kier alpha value is -2.37. The molecule has 0 spiro atoms. The average molecular weight is 358 g/mol. The highest BCUT2D eigenvalue weighted by molar-refractivity contribution is 6.15. The summed E-state index contributed by atoms with van der Waals surface area (Å²) < 4.78 is 5.54. The van der Waals surface area contributed by atoms with Crippen molar-refractivity contribution < 1.29 is 19.1 Å². The van der Waals surface area contributed by atoms with Crippen LogP contribution >= 0.6 is 0 Å². The fourth-order valence-corrected chi connectivity index (χ4v) is 3.72. The van der Waals surface area contributed by atoms with Crippen molar-refractivity contribution in [2.45, 2.75) is 46.2 Å². The quantitative estimate of drug-likeness (QED) is 0.759. The number of nitrogens with zero attached hydrogens (tertiary/aromatic N) is 2. The van der Waals surface area contributed by atoms with Crippen molar-refractivity contribution in [1.29, 1.82) is 0 Å². The second kappa shape index (κ2) is 6.74. The Labute approximate surface area is 154 Å². The van der Waals surface area contributed by atoms with Gasteiger partial charge in [-0.1, -0.05) is 39.8 Å². The predicted molar refractivity (Wildman–Crippen MR) is 97.6 cm³/mol. The van der Waals surface area contributed by atoms with Crippen LogP contribution in [0.25, 0.3) is 0 Å². The van der Waals surface area contributed by atoms with Gasteiger partial charge in [-0.15, -0.1) is 0 Å². The number of rotatable bonds is 5. The number of anilines is 1. The van der Waals surface area contributed by atoms with Gasteiger partial charge in [-0.25, -0.2) is 4.79 Å². The largest absolute Gasteiger partial charge is 0.462 e. The normalized spacial score (nSPS) is 22.1. The van der Waals surface area contributed by atoms with Gasteiger partial charge in [0.15, 0.2) is 0 Å². The van der Waals surface area contributed by atoms with Gasteiger partial charge < -0.3 is 9.64 Å². The van der Waals surface area contributed by atoms with Crippen LogP contribution in [0, 0.1) is 11.8 Å². The van der Waals surface area contributed by atoms with Crippen molar-refractivity contribution in [3.05, 3.63) is 29.8 Å². The third-order valence-electron chi connectivity index (χ3n) is 4.80. The number of hydrogen-bond acceptors (Lipinski definition) is 4. The van der Waals surface area contributed by atoms with E-state index in [4.69, 9.17) is 4.74 Å². The van der Waals surface area contributed by atoms with Crippen molar-refractivity contribution in [3.63, 3.8) is 0 Å². The summed E-state index contributed by atoms with van der Waals surface area (Å²) in [6.07, 6.45) is 0.475. The summed E-state index contributed by atoms with van der Waals surface area (Å²) in [6.45, 7) is 8.53. The summed E-state index contributed by atoms with van der Waals surface area (Å²) in [6, 6.07) is 6.99. The van der Waals surface area contributed by atoms with Crippen LogP contribution in [-0.2, 0) is 14.3 Å². The molecule has 6 nitrogen and oxygen atoms in total.